The second-order valence-electron chi connectivity index (χ2n) is 2.30. The standard InChI is InChI=1S/C7H14F2N2O/c1-2-11-7(12)3-4-10-5-6(8)9/h6,10H,2-5H2,1H3,(H,11,12). The van der Waals surface area contributed by atoms with Crippen LogP contribution in [0.15, 0.2) is 0 Å². The van der Waals surface area contributed by atoms with E-state index in [1.165, 1.54) is 0 Å². The van der Waals surface area contributed by atoms with Crippen molar-refractivity contribution in [1.82, 2.24) is 10.6 Å². The Balaban J connectivity index is 3.14. The van der Waals surface area contributed by atoms with E-state index in [1.54, 1.807) is 0 Å². The molecule has 0 saturated carbocycles. The van der Waals surface area contributed by atoms with E-state index in [0.29, 0.717) is 13.1 Å². The van der Waals surface area contributed by atoms with Crippen LogP contribution in [0.25, 0.3) is 0 Å². The Labute approximate surface area is 70.5 Å². The maximum atomic E-state index is 11.5. The van der Waals surface area contributed by atoms with Gasteiger partial charge in [0.05, 0.1) is 6.54 Å². The summed E-state index contributed by atoms with van der Waals surface area (Å²) in [5, 5.41) is 5.03. The van der Waals surface area contributed by atoms with E-state index in [1.807, 2.05) is 6.92 Å². The summed E-state index contributed by atoms with van der Waals surface area (Å²) in [6, 6.07) is 0. The van der Waals surface area contributed by atoms with Crippen molar-refractivity contribution >= 4 is 5.91 Å². The topological polar surface area (TPSA) is 41.1 Å². The van der Waals surface area contributed by atoms with Crippen LogP contribution in [-0.4, -0.2) is 32.0 Å². The zero-order valence-corrected chi connectivity index (χ0v) is 7.07. The molecule has 0 unspecified atom stereocenters. The number of rotatable bonds is 6. The third kappa shape index (κ3) is 7.40. The fourth-order valence-electron chi connectivity index (χ4n) is 0.699. The van der Waals surface area contributed by atoms with Crippen molar-refractivity contribution in [3.8, 4) is 0 Å². The first-order valence-corrected chi connectivity index (χ1v) is 3.92. The molecule has 0 fully saturated rings. The Morgan fingerprint density at radius 2 is 2.17 bits per heavy atom. The van der Waals surface area contributed by atoms with E-state index in [4.69, 9.17) is 0 Å². The summed E-state index contributed by atoms with van der Waals surface area (Å²) in [6.07, 6.45) is -2.10. The van der Waals surface area contributed by atoms with E-state index >= 15 is 0 Å². The molecule has 1 amide bonds. The zero-order valence-electron chi connectivity index (χ0n) is 7.07. The van der Waals surface area contributed by atoms with Crippen molar-refractivity contribution in [3.05, 3.63) is 0 Å². The van der Waals surface area contributed by atoms with Gasteiger partial charge < -0.3 is 10.6 Å². The van der Waals surface area contributed by atoms with Crippen LogP contribution in [0.4, 0.5) is 8.78 Å². The van der Waals surface area contributed by atoms with E-state index < -0.39 is 6.43 Å². The fourth-order valence-corrected chi connectivity index (χ4v) is 0.699. The quantitative estimate of drug-likeness (QED) is 0.580. The molecule has 5 heteroatoms. The molecule has 0 rings (SSSR count). The van der Waals surface area contributed by atoms with Crippen LogP contribution < -0.4 is 10.6 Å². The highest BCUT2D eigenvalue weighted by molar-refractivity contribution is 5.75. The van der Waals surface area contributed by atoms with E-state index in [2.05, 4.69) is 10.6 Å². The van der Waals surface area contributed by atoms with E-state index in [0.717, 1.165) is 0 Å². The molecule has 3 nitrogen and oxygen atoms in total. The third-order valence-electron chi connectivity index (χ3n) is 1.20. The van der Waals surface area contributed by atoms with Crippen LogP contribution in [0.5, 0.6) is 0 Å². The molecule has 0 saturated heterocycles. The molecule has 0 spiro atoms. The van der Waals surface area contributed by atoms with Crippen LogP contribution in [0.1, 0.15) is 13.3 Å². The molecule has 72 valence electrons. The van der Waals surface area contributed by atoms with Crippen LogP contribution in [0, 0.1) is 0 Å². The molecule has 0 aliphatic carbocycles. The summed E-state index contributed by atoms with van der Waals surface area (Å²) < 4.78 is 23.1. The molecule has 2 N–H and O–H groups in total. The lowest BCUT2D eigenvalue weighted by molar-refractivity contribution is -0.120. The maximum Gasteiger partial charge on any atom is 0.250 e. The van der Waals surface area contributed by atoms with Crippen molar-refractivity contribution in [2.75, 3.05) is 19.6 Å². The van der Waals surface area contributed by atoms with Gasteiger partial charge in [-0.1, -0.05) is 0 Å². The Morgan fingerprint density at radius 3 is 2.67 bits per heavy atom. The normalized spacial score (nSPS) is 10.3. The molecule has 0 aromatic rings. The lowest BCUT2D eigenvalue weighted by Crippen LogP contribution is -2.29. The first kappa shape index (κ1) is 11.3. The highest BCUT2D eigenvalue weighted by atomic mass is 19.3. The first-order valence-electron chi connectivity index (χ1n) is 3.92. The molecule has 0 aliphatic heterocycles. The van der Waals surface area contributed by atoms with Crippen molar-refractivity contribution < 1.29 is 13.6 Å². The summed E-state index contributed by atoms with van der Waals surface area (Å²) in [7, 11) is 0. The molecule has 0 bridgehead atoms. The zero-order chi connectivity index (χ0) is 9.40. The van der Waals surface area contributed by atoms with E-state index in [-0.39, 0.29) is 18.9 Å². The Kier molecular flexibility index (Phi) is 6.55. The number of nitrogens with one attached hydrogen (secondary N) is 2. The summed E-state index contributed by atoms with van der Waals surface area (Å²) >= 11 is 0. The minimum atomic E-state index is -2.35. The number of carbonyl (C=O) groups excluding carboxylic acids is 1. The Bertz CT molecular complexity index is 131. The lowest BCUT2D eigenvalue weighted by atomic mass is 10.4. The minimum absolute atomic E-state index is 0.112. The van der Waals surface area contributed by atoms with Gasteiger partial charge in [0.2, 0.25) is 5.91 Å². The number of halogens is 2. The average molecular weight is 180 g/mol. The lowest BCUT2D eigenvalue weighted by Gasteiger charge is -2.03. The van der Waals surface area contributed by atoms with Gasteiger partial charge in [-0.2, -0.15) is 0 Å². The van der Waals surface area contributed by atoms with Crippen molar-refractivity contribution in [1.29, 1.82) is 0 Å². The number of hydrogen-bond acceptors (Lipinski definition) is 2. The summed E-state index contributed by atoms with van der Waals surface area (Å²) in [6.45, 7) is 2.34. The molecule has 0 atom stereocenters. The average Bonchev–Trinajstić information content (AvgIpc) is 1.98. The first-order chi connectivity index (χ1) is 5.66. The van der Waals surface area contributed by atoms with Crippen molar-refractivity contribution in [2.24, 2.45) is 0 Å². The third-order valence-corrected chi connectivity index (χ3v) is 1.20. The molecule has 0 aromatic carbocycles. The molecular weight excluding hydrogens is 166 g/mol. The van der Waals surface area contributed by atoms with Gasteiger partial charge in [0.15, 0.2) is 0 Å². The molecule has 0 aromatic heterocycles. The SMILES string of the molecule is CCNC(=O)CCNCC(F)F. The number of hydrogen-bond donors (Lipinski definition) is 2. The maximum absolute atomic E-state index is 11.5. The van der Waals surface area contributed by atoms with Gasteiger partial charge in [0.25, 0.3) is 6.43 Å². The largest absolute Gasteiger partial charge is 0.356 e. The van der Waals surface area contributed by atoms with Gasteiger partial charge in [-0.3, -0.25) is 4.79 Å². The van der Waals surface area contributed by atoms with Crippen molar-refractivity contribution in [2.45, 2.75) is 19.8 Å². The summed E-state index contributed by atoms with van der Waals surface area (Å²) in [5.74, 6) is -0.112. The van der Waals surface area contributed by atoms with Crippen molar-refractivity contribution in [3.63, 3.8) is 0 Å². The smallest absolute Gasteiger partial charge is 0.250 e. The molecule has 0 aliphatic rings. The molecule has 0 radical (unpaired) electrons. The second kappa shape index (κ2) is 6.97. The highest BCUT2D eigenvalue weighted by Crippen LogP contribution is 1.87. The number of alkyl halides is 2. The van der Waals surface area contributed by atoms with Crippen LogP contribution in [-0.2, 0) is 4.79 Å². The Hall–Kier alpha value is -0.710. The monoisotopic (exact) mass is 180 g/mol. The van der Waals surface area contributed by atoms with Crippen LogP contribution in [0.3, 0.4) is 0 Å². The molecule has 12 heavy (non-hydrogen) atoms. The number of amides is 1. The fraction of sp³-hybridized carbons (Fsp3) is 0.857. The molecule has 0 heterocycles. The predicted octanol–water partition coefficient (Wildman–Crippen LogP) is 0.367. The van der Waals surface area contributed by atoms with Gasteiger partial charge >= 0.3 is 0 Å². The summed E-state index contributed by atoms with van der Waals surface area (Å²) in [5.41, 5.74) is 0. The second-order valence-corrected chi connectivity index (χ2v) is 2.30. The van der Waals surface area contributed by atoms with Crippen LogP contribution in [0.2, 0.25) is 0 Å². The minimum Gasteiger partial charge on any atom is -0.356 e. The van der Waals surface area contributed by atoms with Gasteiger partial charge in [-0.05, 0) is 6.92 Å². The predicted molar refractivity (Wildman–Crippen MR) is 42.2 cm³/mol. The number of carbonyl (C=O) groups is 1. The van der Waals surface area contributed by atoms with Crippen LogP contribution >= 0.6 is 0 Å². The van der Waals surface area contributed by atoms with Gasteiger partial charge in [0, 0.05) is 19.5 Å². The van der Waals surface area contributed by atoms with Gasteiger partial charge in [0.1, 0.15) is 0 Å². The molecular formula is C7H14F2N2O. The Morgan fingerprint density at radius 1 is 1.50 bits per heavy atom. The highest BCUT2D eigenvalue weighted by Gasteiger charge is 2.02. The van der Waals surface area contributed by atoms with Gasteiger partial charge in [-0.15, -0.1) is 0 Å². The van der Waals surface area contributed by atoms with E-state index in [9.17, 15) is 13.6 Å². The van der Waals surface area contributed by atoms with Gasteiger partial charge in [-0.25, -0.2) is 8.78 Å². The summed E-state index contributed by atoms with van der Waals surface area (Å²) in [4.78, 5) is 10.7.